The first kappa shape index (κ1) is 8.21. The van der Waals surface area contributed by atoms with E-state index in [2.05, 4.69) is 0 Å². The number of aryl methyl sites for hydroxylation is 1. The van der Waals surface area contributed by atoms with E-state index in [0.29, 0.717) is 5.75 Å². The van der Waals surface area contributed by atoms with Gasteiger partial charge in [-0.25, -0.2) is 0 Å². The summed E-state index contributed by atoms with van der Waals surface area (Å²) in [5.74, 6) is 0.316. The van der Waals surface area contributed by atoms with Crippen LogP contribution in [0.5, 0.6) is 5.75 Å². The Balaban J connectivity index is 2.58. The van der Waals surface area contributed by atoms with Crippen molar-refractivity contribution in [2.24, 2.45) is 0 Å². The Labute approximate surface area is 71.7 Å². The zero-order valence-electron chi connectivity index (χ0n) is 6.16. The summed E-state index contributed by atoms with van der Waals surface area (Å²) in [6.45, 7) is 0. The molecule has 0 aromatic heterocycles. The van der Waals surface area contributed by atoms with Gasteiger partial charge in [0, 0.05) is 0 Å². The summed E-state index contributed by atoms with van der Waals surface area (Å²) in [5, 5.41) is 10.7. The number of thiocarbonyl (C=S) groups is 1. The number of benzene rings is 1. The molecule has 0 aliphatic carbocycles. The van der Waals surface area contributed by atoms with Crippen molar-refractivity contribution in [3.63, 3.8) is 0 Å². The SMILES string of the molecule is Oc1ccc(CCC=S)cc1. The first-order valence-corrected chi connectivity index (χ1v) is 4.01. The van der Waals surface area contributed by atoms with Gasteiger partial charge in [-0.15, -0.1) is 0 Å². The third-order valence-corrected chi connectivity index (χ3v) is 1.72. The second kappa shape index (κ2) is 4.09. The molecule has 0 unspecified atom stereocenters. The van der Waals surface area contributed by atoms with E-state index < -0.39 is 0 Å². The van der Waals surface area contributed by atoms with Crippen LogP contribution >= 0.6 is 12.2 Å². The van der Waals surface area contributed by atoms with Gasteiger partial charge in [0.05, 0.1) is 0 Å². The van der Waals surface area contributed by atoms with Crippen LogP contribution in [0.25, 0.3) is 0 Å². The lowest BCUT2D eigenvalue weighted by Gasteiger charge is -1.96. The number of phenols is 1. The second-order valence-electron chi connectivity index (χ2n) is 2.37. The molecule has 0 bridgehead atoms. The fraction of sp³-hybridized carbons (Fsp3) is 0.222. The highest BCUT2D eigenvalue weighted by Gasteiger charge is 1.90. The standard InChI is InChI=1S/C9H10OS/c10-9-5-3-8(4-6-9)2-1-7-11/h3-7,10H,1-2H2. The van der Waals surface area contributed by atoms with E-state index in [1.54, 1.807) is 17.5 Å². The Bertz CT molecular complexity index is 228. The summed E-state index contributed by atoms with van der Waals surface area (Å²) in [7, 11) is 0. The Morgan fingerprint density at radius 1 is 1.27 bits per heavy atom. The Morgan fingerprint density at radius 3 is 2.45 bits per heavy atom. The molecule has 0 spiro atoms. The van der Waals surface area contributed by atoms with E-state index >= 15 is 0 Å². The van der Waals surface area contributed by atoms with E-state index in [-0.39, 0.29) is 0 Å². The summed E-state index contributed by atoms with van der Waals surface area (Å²) in [5.41, 5.74) is 1.21. The van der Waals surface area contributed by atoms with Crippen LogP contribution in [0.1, 0.15) is 12.0 Å². The summed E-state index contributed by atoms with van der Waals surface area (Å²) in [6, 6.07) is 7.21. The molecule has 1 nitrogen and oxygen atoms in total. The molecule has 1 N–H and O–H groups in total. The maximum Gasteiger partial charge on any atom is 0.115 e. The van der Waals surface area contributed by atoms with Gasteiger partial charge in [-0.2, -0.15) is 0 Å². The number of rotatable bonds is 3. The molecule has 2 heteroatoms. The highest BCUT2D eigenvalue weighted by atomic mass is 32.1. The van der Waals surface area contributed by atoms with Gasteiger partial charge >= 0.3 is 0 Å². The van der Waals surface area contributed by atoms with E-state index in [0.717, 1.165) is 12.8 Å². The first-order chi connectivity index (χ1) is 5.33. The number of hydrogen-bond donors (Lipinski definition) is 1. The number of aromatic hydroxyl groups is 1. The van der Waals surface area contributed by atoms with E-state index in [4.69, 9.17) is 17.3 Å². The normalized spacial score (nSPS) is 9.45. The Kier molecular flexibility index (Phi) is 3.05. The fourth-order valence-electron chi connectivity index (χ4n) is 0.888. The zero-order chi connectivity index (χ0) is 8.10. The summed E-state index contributed by atoms with van der Waals surface area (Å²) in [4.78, 5) is 0. The zero-order valence-corrected chi connectivity index (χ0v) is 6.97. The van der Waals surface area contributed by atoms with Gasteiger partial charge in [0.15, 0.2) is 0 Å². The van der Waals surface area contributed by atoms with Gasteiger partial charge in [0.2, 0.25) is 0 Å². The van der Waals surface area contributed by atoms with Crippen LogP contribution in [0.3, 0.4) is 0 Å². The van der Waals surface area contributed by atoms with Crippen molar-refractivity contribution in [1.29, 1.82) is 0 Å². The minimum absolute atomic E-state index is 0.316. The molecule has 0 amide bonds. The van der Waals surface area contributed by atoms with Crippen LogP contribution in [0.15, 0.2) is 24.3 Å². The molecule has 0 aliphatic rings. The topological polar surface area (TPSA) is 20.2 Å². The van der Waals surface area contributed by atoms with Crippen LogP contribution in [-0.2, 0) is 6.42 Å². The number of phenolic OH excluding ortho intramolecular Hbond substituents is 1. The largest absolute Gasteiger partial charge is 0.508 e. The molecule has 1 aromatic carbocycles. The molecule has 0 saturated carbocycles. The third kappa shape index (κ3) is 2.68. The van der Waals surface area contributed by atoms with Crippen LogP contribution in [-0.4, -0.2) is 10.5 Å². The highest BCUT2D eigenvalue weighted by Crippen LogP contribution is 2.10. The van der Waals surface area contributed by atoms with Crippen molar-refractivity contribution in [1.82, 2.24) is 0 Å². The fourth-order valence-corrected chi connectivity index (χ4v) is 1.01. The van der Waals surface area contributed by atoms with Crippen LogP contribution in [0, 0.1) is 0 Å². The Morgan fingerprint density at radius 2 is 1.91 bits per heavy atom. The molecule has 1 rings (SSSR count). The molecule has 0 saturated heterocycles. The molecule has 1 aromatic rings. The second-order valence-corrected chi connectivity index (χ2v) is 2.71. The Hall–Kier alpha value is -0.890. The smallest absolute Gasteiger partial charge is 0.115 e. The van der Waals surface area contributed by atoms with Crippen molar-refractivity contribution in [2.45, 2.75) is 12.8 Å². The van der Waals surface area contributed by atoms with Crippen LogP contribution in [0.4, 0.5) is 0 Å². The molecule has 0 heterocycles. The summed E-state index contributed by atoms with van der Waals surface area (Å²) in [6.07, 6.45) is 1.88. The van der Waals surface area contributed by atoms with Crippen molar-refractivity contribution in [3.8, 4) is 5.75 Å². The molecule has 0 aliphatic heterocycles. The maximum absolute atomic E-state index is 8.95. The molecule has 58 valence electrons. The van der Waals surface area contributed by atoms with Gasteiger partial charge in [-0.1, -0.05) is 24.4 Å². The average Bonchev–Trinajstić information content (AvgIpc) is 2.04. The molecule has 11 heavy (non-hydrogen) atoms. The van der Waals surface area contributed by atoms with E-state index in [9.17, 15) is 0 Å². The van der Waals surface area contributed by atoms with Gasteiger partial charge in [0.25, 0.3) is 0 Å². The minimum Gasteiger partial charge on any atom is -0.508 e. The van der Waals surface area contributed by atoms with Crippen molar-refractivity contribution in [3.05, 3.63) is 29.8 Å². The predicted molar refractivity (Wildman–Crippen MR) is 50.1 cm³/mol. The van der Waals surface area contributed by atoms with Gasteiger partial charge < -0.3 is 5.11 Å². The summed E-state index contributed by atoms with van der Waals surface area (Å²) >= 11 is 4.70. The lowest BCUT2D eigenvalue weighted by Crippen LogP contribution is -1.83. The number of hydrogen-bond acceptors (Lipinski definition) is 2. The van der Waals surface area contributed by atoms with E-state index in [1.165, 1.54) is 5.56 Å². The lowest BCUT2D eigenvalue weighted by atomic mass is 10.1. The lowest BCUT2D eigenvalue weighted by molar-refractivity contribution is 0.475. The minimum atomic E-state index is 0.316. The predicted octanol–water partition coefficient (Wildman–Crippen LogP) is 2.32. The average molecular weight is 166 g/mol. The monoisotopic (exact) mass is 166 g/mol. The molecular weight excluding hydrogens is 156 g/mol. The van der Waals surface area contributed by atoms with Crippen molar-refractivity contribution in [2.75, 3.05) is 0 Å². The highest BCUT2D eigenvalue weighted by molar-refractivity contribution is 7.78. The molecular formula is C9H10OS. The molecule has 0 radical (unpaired) electrons. The molecule has 0 atom stereocenters. The van der Waals surface area contributed by atoms with Crippen molar-refractivity contribution >= 4 is 17.6 Å². The third-order valence-electron chi connectivity index (χ3n) is 1.49. The quantitative estimate of drug-likeness (QED) is 0.695. The molecule has 0 fully saturated rings. The van der Waals surface area contributed by atoms with Crippen LogP contribution < -0.4 is 0 Å². The summed E-state index contributed by atoms with van der Waals surface area (Å²) < 4.78 is 0. The van der Waals surface area contributed by atoms with Crippen molar-refractivity contribution < 1.29 is 5.11 Å². The first-order valence-electron chi connectivity index (χ1n) is 3.54. The van der Waals surface area contributed by atoms with Gasteiger partial charge in [-0.05, 0) is 35.9 Å². The maximum atomic E-state index is 8.95. The van der Waals surface area contributed by atoms with E-state index in [1.807, 2.05) is 12.1 Å². The van der Waals surface area contributed by atoms with Gasteiger partial charge in [0.1, 0.15) is 5.75 Å². The van der Waals surface area contributed by atoms with Gasteiger partial charge in [-0.3, -0.25) is 0 Å². The van der Waals surface area contributed by atoms with Crippen LogP contribution in [0.2, 0.25) is 0 Å².